The summed E-state index contributed by atoms with van der Waals surface area (Å²) in [5.74, 6) is -0.0740. The van der Waals surface area contributed by atoms with E-state index in [0.29, 0.717) is 25.9 Å². The van der Waals surface area contributed by atoms with Crippen molar-refractivity contribution in [3.8, 4) is 11.5 Å². The molecule has 0 atom stereocenters. The van der Waals surface area contributed by atoms with Gasteiger partial charge in [0.1, 0.15) is 0 Å². The smallest absolute Gasteiger partial charge is 0.236 e. The Bertz CT molecular complexity index is 1210. The molecule has 2 aromatic carbocycles. The third kappa shape index (κ3) is 4.07. The van der Waals surface area contributed by atoms with Crippen molar-refractivity contribution in [1.82, 2.24) is 4.98 Å². The number of primary amides is 1. The molecular weight excluding hydrogens is 414 g/mol. The van der Waals surface area contributed by atoms with E-state index in [2.05, 4.69) is 4.98 Å². The van der Waals surface area contributed by atoms with Crippen molar-refractivity contribution in [1.29, 1.82) is 0 Å². The number of oxazole rings is 1. The minimum Gasteiger partial charge on any atom is -0.419 e. The number of amides is 1. The SMILES string of the molecule is Cc1ccc(S(=O)(=O)c2nc(-c3ccccc3C)oc2N2CCC(C(N)=O)CC2)cc1. The van der Waals surface area contributed by atoms with Crippen molar-refractivity contribution in [2.45, 2.75) is 36.6 Å². The molecule has 7 nitrogen and oxygen atoms in total. The summed E-state index contributed by atoms with van der Waals surface area (Å²) in [5.41, 5.74) is 8.08. The number of anilines is 1. The topological polar surface area (TPSA) is 106 Å². The molecule has 0 bridgehead atoms. The average molecular weight is 440 g/mol. The summed E-state index contributed by atoms with van der Waals surface area (Å²) < 4.78 is 33.0. The second kappa shape index (κ2) is 8.19. The number of carbonyl (C=O) groups is 1. The summed E-state index contributed by atoms with van der Waals surface area (Å²) in [4.78, 5) is 18.0. The first kappa shape index (κ1) is 21.1. The summed E-state index contributed by atoms with van der Waals surface area (Å²) in [6.07, 6.45) is 1.08. The minimum absolute atomic E-state index is 0.105. The predicted molar refractivity (Wildman–Crippen MR) is 117 cm³/mol. The van der Waals surface area contributed by atoms with Gasteiger partial charge < -0.3 is 15.1 Å². The van der Waals surface area contributed by atoms with Gasteiger partial charge in [-0.1, -0.05) is 35.9 Å². The van der Waals surface area contributed by atoms with E-state index in [1.54, 1.807) is 24.3 Å². The number of hydrogen-bond acceptors (Lipinski definition) is 6. The van der Waals surface area contributed by atoms with Crippen molar-refractivity contribution in [2.75, 3.05) is 18.0 Å². The van der Waals surface area contributed by atoms with Crippen molar-refractivity contribution in [3.05, 3.63) is 59.7 Å². The highest BCUT2D eigenvalue weighted by Gasteiger charge is 2.34. The fraction of sp³-hybridized carbons (Fsp3) is 0.304. The van der Waals surface area contributed by atoms with Crippen LogP contribution < -0.4 is 10.6 Å². The molecule has 2 N–H and O–H groups in total. The summed E-state index contributed by atoms with van der Waals surface area (Å²) in [5, 5.41) is -0.105. The Morgan fingerprint density at radius 2 is 1.71 bits per heavy atom. The maximum Gasteiger partial charge on any atom is 0.236 e. The molecule has 1 aromatic heterocycles. The molecule has 4 rings (SSSR count). The first-order valence-electron chi connectivity index (χ1n) is 10.2. The lowest BCUT2D eigenvalue weighted by atomic mass is 9.96. The predicted octanol–water partition coefficient (Wildman–Crippen LogP) is 3.49. The van der Waals surface area contributed by atoms with Crippen LogP contribution in [0.15, 0.2) is 62.9 Å². The Hall–Kier alpha value is -3.13. The van der Waals surface area contributed by atoms with Crippen LogP contribution in [0.3, 0.4) is 0 Å². The highest BCUT2D eigenvalue weighted by Crippen LogP contribution is 2.37. The normalized spacial score (nSPS) is 15.2. The van der Waals surface area contributed by atoms with Crippen molar-refractivity contribution >= 4 is 21.6 Å². The van der Waals surface area contributed by atoms with Gasteiger partial charge in [0, 0.05) is 24.6 Å². The first-order valence-corrected chi connectivity index (χ1v) is 11.7. The molecule has 31 heavy (non-hydrogen) atoms. The molecule has 1 aliphatic rings. The second-order valence-electron chi connectivity index (χ2n) is 7.92. The standard InChI is InChI=1S/C23H25N3O4S/c1-15-7-9-18(10-8-15)31(28,29)22-23(26-13-11-17(12-14-26)20(24)27)30-21(25-22)19-6-4-3-5-16(19)2/h3-10,17H,11-14H2,1-2H3,(H2,24,27). The number of piperidine rings is 1. The molecule has 2 heterocycles. The average Bonchev–Trinajstić information content (AvgIpc) is 3.20. The van der Waals surface area contributed by atoms with Crippen LogP contribution in [0.2, 0.25) is 0 Å². The van der Waals surface area contributed by atoms with Crippen LogP contribution >= 0.6 is 0 Å². The molecule has 0 saturated carbocycles. The van der Waals surface area contributed by atoms with Crippen LogP contribution in [-0.4, -0.2) is 32.4 Å². The van der Waals surface area contributed by atoms with Crippen LogP contribution in [0, 0.1) is 19.8 Å². The molecule has 3 aromatic rings. The fourth-order valence-electron chi connectivity index (χ4n) is 3.80. The lowest BCUT2D eigenvalue weighted by molar-refractivity contribution is -0.122. The molecule has 1 amide bonds. The van der Waals surface area contributed by atoms with Gasteiger partial charge in [0.2, 0.25) is 32.5 Å². The van der Waals surface area contributed by atoms with Crippen molar-refractivity contribution in [2.24, 2.45) is 11.7 Å². The van der Waals surface area contributed by atoms with Crippen LogP contribution in [0.4, 0.5) is 5.88 Å². The summed E-state index contributed by atoms with van der Waals surface area (Å²) in [6.45, 7) is 4.75. The Balaban J connectivity index is 1.80. The highest BCUT2D eigenvalue weighted by molar-refractivity contribution is 7.91. The molecule has 0 unspecified atom stereocenters. The number of aromatic nitrogens is 1. The monoisotopic (exact) mass is 439 g/mol. The Labute approximate surface area is 181 Å². The van der Waals surface area contributed by atoms with Crippen molar-refractivity contribution < 1.29 is 17.6 Å². The zero-order chi connectivity index (χ0) is 22.2. The molecule has 8 heteroatoms. The van der Waals surface area contributed by atoms with E-state index in [1.807, 2.05) is 43.0 Å². The minimum atomic E-state index is -3.90. The number of carbonyl (C=O) groups excluding carboxylic acids is 1. The van der Waals surface area contributed by atoms with Crippen LogP contribution in [0.1, 0.15) is 24.0 Å². The number of benzene rings is 2. The number of hydrogen-bond donors (Lipinski definition) is 1. The zero-order valence-corrected chi connectivity index (χ0v) is 18.4. The number of nitrogens with zero attached hydrogens (tertiary/aromatic N) is 2. The summed E-state index contributed by atoms with van der Waals surface area (Å²) in [6, 6.07) is 14.2. The zero-order valence-electron chi connectivity index (χ0n) is 17.5. The van der Waals surface area contributed by atoms with E-state index < -0.39 is 9.84 Å². The van der Waals surface area contributed by atoms with Gasteiger partial charge in [-0.05, 0) is 50.5 Å². The third-order valence-corrected chi connectivity index (χ3v) is 7.39. The number of sulfone groups is 1. The second-order valence-corrected chi connectivity index (χ2v) is 9.79. The highest BCUT2D eigenvalue weighted by atomic mass is 32.2. The van der Waals surface area contributed by atoms with Gasteiger partial charge in [-0.2, -0.15) is 4.98 Å². The third-order valence-electron chi connectivity index (χ3n) is 5.73. The summed E-state index contributed by atoms with van der Waals surface area (Å²) in [7, 11) is -3.90. The molecular formula is C23H25N3O4S. The van der Waals surface area contributed by atoms with Gasteiger partial charge in [-0.15, -0.1) is 0 Å². The van der Waals surface area contributed by atoms with Gasteiger partial charge in [0.25, 0.3) is 0 Å². The molecule has 1 saturated heterocycles. The lowest BCUT2D eigenvalue weighted by Crippen LogP contribution is -2.38. The fourth-order valence-corrected chi connectivity index (χ4v) is 5.12. The molecule has 162 valence electrons. The van der Waals surface area contributed by atoms with Crippen molar-refractivity contribution in [3.63, 3.8) is 0 Å². The van der Waals surface area contributed by atoms with E-state index >= 15 is 0 Å². The number of aryl methyl sites for hydroxylation is 2. The van der Waals surface area contributed by atoms with Crippen LogP contribution in [0.25, 0.3) is 11.5 Å². The van der Waals surface area contributed by atoms with E-state index in [1.165, 1.54) is 0 Å². The Morgan fingerprint density at radius 1 is 1.06 bits per heavy atom. The molecule has 0 radical (unpaired) electrons. The molecule has 0 aliphatic carbocycles. The van der Waals surface area contributed by atoms with Gasteiger partial charge in [0.15, 0.2) is 0 Å². The molecule has 0 spiro atoms. The largest absolute Gasteiger partial charge is 0.419 e. The van der Waals surface area contributed by atoms with E-state index in [9.17, 15) is 13.2 Å². The summed E-state index contributed by atoms with van der Waals surface area (Å²) >= 11 is 0. The number of rotatable bonds is 5. The lowest BCUT2D eigenvalue weighted by Gasteiger charge is -2.30. The maximum atomic E-state index is 13.5. The number of nitrogens with two attached hydrogens (primary N) is 1. The van der Waals surface area contributed by atoms with Gasteiger partial charge >= 0.3 is 0 Å². The van der Waals surface area contributed by atoms with Gasteiger partial charge in [0.05, 0.1) is 4.90 Å². The van der Waals surface area contributed by atoms with Crippen LogP contribution in [0.5, 0.6) is 0 Å². The Kier molecular flexibility index (Phi) is 5.58. The molecule has 1 aliphatic heterocycles. The maximum absolute atomic E-state index is 13.5. The quantitative estimate of drug-likeness (QED) is 0.652. The first-order chi connectivity index (χ1) is 14.8. The van der Waals surface area contributed by atoms with Gasteiger partial charge in [-0.3, -0.25) is 4.79 Å². The van der Waals surface area contributed by atoms with Crippen LogP contribution in [-0.2, 0) is 14.6 Å². The van der Waals surface area contributed by atoms with E-state index in [-0.39, 0.29) is 33.5 Å². The van der Waals surface area contributed by atoms with E-state index in [0.717, 1.165) is 16.7 Å². The molecule has 1 fully saturated rings. The van der Waals surface area contributed by atoms with Gasteiger partial charge in [-0.25, -0.2) is 8.42 Å². The van der Waals surface area contributed by atoms with E-state index in [4.69, 9.17) is 10.2 Å². The Morgan fingerprint density at radius 3 is 2.32 bits per heavy atom.